The largest absolute Gasteiger partial charge is 0.484 e. The highest BCUT2D eigenvalue weighted by atomic mass is 127. The van der Waals surface area contributed by atoms with E-state index < -0.39 is 0 Å². The van der Waals surface area contributed by atoms with E-state index in [2.05, 4.69) is 15.6 Å². The second kappa shape index (κ2) is 13.2. The van der Waals surface area contributed by atoms with Crippen LogP contribution in [-0.2, 0) is 11.3 Å². The van der Waals surface area contributed by atoms with E-state index in [1.165, 1.54) is 0 Å². The topological polar surface area (TPSA) is 98.0 Å². The standard InChI is InChI=1S/C24H26N4O3.HI/c1-2-26-23(29)17-30-21-12-6-8-18(14-21)16-27-24(25)28-19-9-7-13-22(15-19)31-20-10-4-3-5-11-20;/h3-15H,2,16-17H2,1H3,(H,26,29)(H3,25,27,28);1H. The second-order valence-corrected chi connectivity index (χ2v) is 6.66. The summed E-state index contributed by atoms with van der Waals surface area (Å²) in [6.45, 7) is 2.79. The molecule has 4 N–H and O–H groups in total. The van der Waals surface area contributed by atoms with Crippen LogP contribution in [0, 0.1) is 0 Å². The maximum Gasteiger partial charge on any atom is 0.257 e. The lowest BCUT2D eigenvalue weighted by Gasteiger charge is -2.10. The van der Waals surface area contributed by atoms with Crippen LogP contribution >= 0.6 is 24.0 Å². The van der Waals surface area contributed by atoms with Crippen molar-refractivity contribution >= 4 is 41.5 Å². The van der Waals surface area contributed by atoms with Crippen LogP contribution < -0.4 is 25.8 Å². The summed E-state index contributed by atoms with van der Waals surface area (Å²) in [5, 5.41) is 5.76. The van der Waals surface area contributed by atoms with Crippen molar-refractivity contribution in [1.82, 2.24) is 5.32 Å². The lowest BCUT2D eigenvalue weighted by molar-refractivity contribution is -0.122. The lowest BCUT2D eigenvalue weighted by Crippen LogP contribution is -2.28. The van der Waals surface area contributed by atoms with Gasteiger partial charge in [0.25, 0.3) is 5.91 Å². The highest BCUT2D eigenvalue weighted by Crippen LogP contribution is 2.23. The van der Waals surface area contributed by atoms with E-state index in [4.69, 9.17) is 15.2 Å². The first-order valence-corrected chi connectivity index (χ1v) is 10.0. The van der Waals surface area contributed by atoms with Crippen LogP contribution in [0.4, 0.5) is 5.69 Å². The molecule has 0 spiro atoms. The Morgan fingerprint density at radius 1 is 0.938 bits per heavy atom. The molecule has 3 rings (SSSR count). The number of benzene rings is 3. The van der Waals surface area contributed by atoms with Crippen LogP contribution in [0.2, 0.25) is 0 Å². The Hall–Kier alpha value is -3.27. The third kappa shape index (κ3) is 8.46. The molecule has 3 aromatic rings. The number of nitrogens with zero attached hydrogens (tertiary/aromatic N) is 1. The molecule has 0 unspecified atom stereocenters. The smallest absolute Gasteiger partial charge is 0.257 e. The summed E-state index contributed by atoms with van der Waals surface area (Å²) in [7, 11) is 0. The number of amides is 1. The van der Waals surface area contributed by atoms with E-state index in [9.17, 15) is 4.79 Å². The van der Waals surface area contributed by atoms with Gasteiger partial charge in [-0.05, 0) is 48.9 Å². The predicted molar refractivity (Wildman–Crippen MR) is 138 cm³/mol. The monoisotopic (exact) mass is 546 g/mol. The van der Waals surface area contributed by atoms with Gasteiger partial charge in [-0.15, -0.1) is 24.0 Å². The molecule has 0 fully saturated rings. The molecule has 168 valence electrons. The Bertz CT molecular complexity index is 1030. The zero-order valence-electron chi connectivity index (χ0n) is 17.8. The summed E-state index contributed by atoms with van der Waals surface area (Å²) >= 11 is 0. The zero-order chi connectivity index (χ0) is 21.9. The van der Waals surface area contributed by atoms with Crippen LogP contribution in [0.15, 0.2) is 83.9 Å². The average Bonchev–Trinajstić information content (AvgIpc) is 2.78. The molecule has 32 heavy (non-hydrogen) atoms. The van der Waals surface area contributed by atoms with Crippen molar-refractivity contribution in [1.29, 1.82) is 0 Å². The first kappa shape index (κ1) is 25.0. The third-order valence-electron chi connectivity index (χ3n) is 4.16. The number of aliphatic imine (C=N–C) groups is 1. The van der Waals surface area contributed by atoms with Crippen molar-refractivity contribution < 1.29 is 14.3 Å². The number of rotatable bonds is 9. The molecule has 0 bridgehead atoms. The first-order chi connectivity index (χ1) is 15.1. The van der Waals surface area contributed by atoms with Crippen LogP contribution in [0.25, 0.3) is 0 Å². The molecule has 0 aliphatic carbocycles. The van der Waals surface area contributed by atoms with Crippen molar-refractivity contribution in [2.75, 3.05) is 18.5 Å². The number of carbonyl (C=O) groups excluding carboxylic acids is 1. The number of hydrogen-bond donors (Lipinski definition) is 3. The van der Waals surface area contributed by atoms with Crippen LogP contribution in [0.1, 0.15) is 12.5 Å². The summed E-state index contributed by atoms with van der Waals surface area (Å²) < 4.78 is 11.3. The molecule has 0 saturated carbocycles. The van der Waals surface area contributed by atoms with Gasteiger partial charge in [0, 0.05) is 18.3 Å². The van der Waals surface area contributed by atoms with Gasteiger partial charge < -0.3 is 25.8 Å². The number of ether oxygens (including phenoxy) is 2. The van der Waals surface area contributed by atoms with Crippen LogP contribution in [-0.4, -0.2) is 25.0 Å². The van der Waals surface area contributed by atoms with Gasteiger partial charge >= 0.3 is 0 Å². The highest BCUT2D eigenvalue weighted by Gasteiger charge is 2.03. The minimum Gasteiger partial charge on any atom is -0.484 e. The number of nitrogens with one attached hydrogen (secondary N) is 2. The molecule has 0 radical (unpaired) electrons. The number of carbonyl (C=O) groups is 1. The number of nitrogens with two attached hydrogens (primary N) is 1. The highest BCUT2D eigenvalue weighted by molar-refractivity contribution is 14.0. The molecular formula is C24H27IN4O3. The molecule has 1 amide bonds. The molecule has 8 heteroatoms. The SMILES string of the molecule is CCNC(=O)COc1cccc(CN=C(N)Nc2cccc(Oc3ccccc3)c2)c1.I. The number of likely N-dealkylation sites (N-methyl/N-ethyl adjacent to an activating group) is 1. The van der Waals surface area contributed by atoms with E-state index in [0.717, 1.165) is 17.0 Å². The van der Waals surface area contributed by atoms with E-state index in [-0.39, 0.29) is 42.5 Å². The maximum atomic E-state index is 11.5. The van der Waals surface area contributed by atoms with Gasteiger partial charge in [-0.1, -0.05) is 36.4 Å². The van der Waals surface area contributed by atoms with Crippen molar-refractivity contribution in [2.24, 2.45) is 10.7 Å². The van der Waals surface area contributed by atoms with Gasteiger partial charge in [0.15, 0.2) is 12.6 Å². The quantitative estimate of drug-likeness (QED) is 0.208. The predicted octanol–water partition coefficient (Wildman–Crippen LogP) is 4.54. The van der Waals surface area contributed by atoms with Gasteiger partial charge in [-0.25, -0.2) is 4.99 Å². The first-order valence-electron chi connectivity index (χ1n) is 10.0. The summed E-state index contributed by atoms with van der Waals surface area (Å²) in [5.41, 5.74) is 7.73. The lowest BCUT2D eigenvalue weighted by atomic mass is 10.2. The van der Waals surface area contributed by atoms with E-state index in [0.29, 0.717) is 24.6 Å². The second-order valence-electron chi connectivity index (χ2n) is 6.66. The molecular weight excluding hydrogens is 519 g/mol. The number of hydrogen-bond acceptors (Lipinski definition) is 4. The minimum atomic E-state index is -0.155. The molecule has 0 heterocycles. The number of para-hydroxylation sites is 1. The molecule has 0 aliphatic heterocycles. The third-order valence-corrected chi connectivity index (χ3v) is 4.16. The van der Waals surface area contributed by atoms with Crippen molar-refractivity contribution in [3.8, 4) is 17.2 Å². The van der Waals surface area contributed by atoms with E-state index in [1.54, 1.807) is 6.07 Å². The summed E-state index contributed by atoms with van der Waals surface area (Å²) in [4.78, 5) is 15.9. The van der Waals surface area contributed by atoms with Gasteiger partial charge in [-0.3, -0.25) is 4.79 Å². The molecule has 0 aliphatic rings. The van der Waals surface area contributed by atoms with E-state index >= 15 is 0 Å². The Kier molecular flexibility index (Phi) is 10.3. The van der Waals surface area contributed by atoms with Crippen LogP contribution in [0.3, 0.4) is 0 Å². The Labute approximate surface area is 205 Å². The minimum absolute atomic E-state index is 0. The zero-order valence-corrected chi connectivity index (χ0v) is 20.1. The Balaban J connectivity index is 0.00000363. The number of guanidine groups is 1. The van der Waals surface area contributed by atoms with Gasteiger partial charge in [0.2, 0.25) is 0 Å². The molecule has 0 aromatic heterocycles. The van der Waals surface area contributed by atoms with Crippen molar-refractivity contribution in [2.45, 2.75) is 13.5 Å². The molecule has 7 nitrogen and oxygen atoms in total. The number of anilines is 1. The summed E-state index contributed by atoms with van der Waals surface area (Å²) in [6.07, 6.45) is 0. The maximum absolute atomic E-state index is 11.5. The van der Waals surface area contributed by atoms with Crippen molar-refractivity contribution in [3.05, 3.63) is 84.4 Å². The molecule has 0 atom stereocenters. The molecule has 3 aromatic carbocycles. The average molecular weight is 546 g/mol. The fourth-order valence-corrected chi connectivity index (χ4v) is 2.76. The van der Waals surface area contributed by atoms with E-state index in [1.807, 2.05) is 79.7 Å². The normalized spacial score (nSPS) is 10.6. The Morgan fingerprint density at radius 3 is 2.44 bits per heavy atom. The summed E-state index contributed by atoms with van der Waals surface area (Å²) in [6, 6.07) is 24.5. The number of halogens is 1. The van der Waals surface area contributed by atoms with Crippen LogP contribution in [0.5, 0.6) is 17.2 Å². The van der Waals surface area contributed by atoms with Gasteiger partial charge in [0.05, 0.1) is 6.54 Å². The fraction of sp³-hybridized carbons (Fsp3) is 0.167. The molecule has 0 saturated heterocycles. The van der Waals surface area contributed by atoms with Gasteiger partial charge in [0.1, 0.15) is 17.2 Å². The van der Waals surface area contributed by atoms with Crippen molar-refractivity contribution in [3.63, 3.8) is 0 Å². The summed E-state index contributed by atoms with van der Waals surface area (Å²) in [5.74, 6) is 2.19. The Morgan fingerprint density at radius 2 is 1.66 bits per heavy atom. The van der Waals surface area contributed by atoms with Gasteiger partial charge in [-0.2, -0.15) is 0 Å². The fourth-order valence-electron chi connectivity index (χ4n) is 2.76.